The fraction of sp³-hybridized carbons (Fsp3) is 0.273. The van der Waals surface area contributed by atoms with Gasteiger partial charge in [-0.05, 0) is 43.2 Å². The number of hydrogen-bond acceptors (Lipinski definition) is 4. The lowest BCUT2D eigenvalue weighted by atomic mass is 10.1. The molecule has 0 saturated carbocycles. The summed E-state index contributed by atoms with van der Waals surface area (Å²) in [6.45, 7) is 3.01. The van der Waals surface area contributed by atoms with E-state index in [1.165, 1.54) is 6.33 Å². The average molecular weight is 419 g/mol. The van der Waals surface area contributed by atoms with E-state index in [2.05, 4.69) is 26.0 Å². The van der Waals surface area contributed by atoms with Crippen LogP contribution in [0.1, 0.15) is 24.9 Å². The second kappa shape index (κ2) is 9.29. The Kier molecular flexibility index (Phi) is 6.11. The standard InChI is InChI=1S/C22H25N7O2/c1-16(17-7-9-20(10-8-17)29-15-23-14-24-29)25-21(30)26-19-11-12-28(13-19)22(31)27-18-5-3-2-4-6-18/h2-10,14-16,19H,11-13H2,1H3,(H,27,31)(H2,25,26,30). The third-order valence-electron chi connectivity index (χ3n) is 5.26. The van der Waals surface area contributed by atoms with E-state index in [0.717, 1.165) is 23.4 Å². The summed E-state index contributed by atoms with van der Waals surface area (Å²) in [5.41, 5.74) is 2.64. The molecule has 31 heavy (non-hydrogen) atoms. The molecule has 9 heteroatoms. The third-order valence-corrected chi connectivity index (χ3v) is 5.26. The quantitative estimate of drug-likeness (QED) is 0.591. The minimum absolute atomic E-state index is 0.0802. The highest BCUT2D eigenvalue weighted by Crippen LogP contribution is 2.16. The van der Waals surface area contributed by atoms with Crippen molar-refractivity contribution in [2.24, 2.45) is 0 Å². The number of carbonyl (C=O) groups is 2. The molecule has 1 saturated heterocycles. The molecule has 160 valence electrons. The van der Waals surface area contributed by atoms with Crippen molar-refractivity contribution in [1.82, 2.24) is 30.3 Å². The number of urea groups is 2. The van der Waals surface area contributed by atoms with E-state index in [-0.39, 0.29) is 24.1 Å². The van der Waals surface area contributed by atoms with Crippen molar-refractivity contribution < 1.29 is 9.59 Å². The molecule has 2 atom stereocenters. The second-order valence-corrected chi connectivity index (χ2v) is 7.50. The average Bonchev–Trinajstić information content (AvgIpc) is 3.47. The minimum atomic E-state index is -0.247. The summed E-state index contributed by atoms with van der Waals surface area (Å²) in [5, 5.41) is 12.9. The normalized spacial score (nSPS) is 16.5. The van der Waals surface area contributed by atoms with E-state index in [1.807, 2.05) is 61.5 Å². The zero-order chi connectivity index (χ0) is 21.6. The molecule has 1 fully saturated rings. The maximum Gasteiger partial charge on any atom is 0.321 e. The predicted molar refractivity (Wildman–Crippen MR) is 117 cm³/mol. The largest absolute Gasteiger partial charge is 0.334 e. The molecule has 4 rings (SSSR count). The monoisotopic (exact) mass is 419 g/mol. The van der Waals surface area contributed by atoms with Gasteiger partial charge in [-0.15, -0.1) is 0 Å². The van der Waals surface area contributed by atoms with Gasteiger partial charge in [-0.2, -0.15) is 5.10 Å². The van der Waals surface area contributed by atoms with Gasteiger partial charge in [0.25, 0.3) is 0 Å². The van der Waals surface area contributed by atoms with Crippen molar-refractivity contribution in [3.63, 3.8) is 0 Å². The highest BCUT2D eigenvalue weighted by atomic mass is 16.2. The van der Waals surface area contributed by atoms with Gasteiger partial charge in [0.15, 0.2) is 0 Å². The summed E-state index contributed by atoms with van der Waals surface area (Å²) >= 11 is 0. The van der Waals surface area contributed by atoms with E-state index in [1.54, 1.807) is 15.9 Å². The van der Waals surface area contributed by atoms with Crippen LogP contribution in [0.25, 0.3) is 5.69 Å². The van der Waals surface area contributed by atoms with E-state index in [4.69, 9.17) is 0 Å². The zero-order valence-electron chi connectivity index (χ0n) is 17.2. The fourth-order valence-corrected chi connectivity index (χ4v) is 3.55. The highest BCUT2D eigenvalue weighted by Gasteiger charge is 2.27. The van der Waals surface area contributed by atoms with Crippen LogP contribution in [0.5, 0.6) is 0 Å². The van der Waals surface area contributed by atoms with Crippen LogP contribution in [0.3, 0.4) is 0 Å². The Morgan fingerprint density at radius 3 is 2.58 bits per heavy atom. The summed E-state index contributed by atoms with van der Waals surface area (Å²) in [7, 11) is 0. The van der Waals surface area contributed by atoms with Gasteiger partial charge in [-0.1, -0.05) is 30.3 Å². The Balaban J connectivity index is 1.24. The first kappa shape index (κ1) is 20.4. The van der Waals surface area contributed by atoms with Crippen LogP contribution in [0.4, 0.5) is 15.3 Å². The summed E-state index contributed by atoms with van der Waals surface area (Å²) in [5.74, 6) is 0. The molecule has 1 aliphatic rings. The molecule has 9 nitrogen and oxygen atoms in total. The van der Waals surface area contributed by atoms with Gasteiger partial charge in [0.2, 0.25) is 0 Å². The van der Waals surface area contributed by atoms with Gasteiger partial charge in [0, 0.05) is 24.8 Å². The summed E-state index contributed by atoms with van der Waals surface area (Å²) < 4.78 is 1.67. The SMILES string of the molecule is CC(NC(=O)NC1CCN(C(=O)Nc2ccccc2)C1)c1ccc(-n2cncn2)cc1. The maximum atomic E-state index is 12.4. The maximum absolute atomic E-state index is 12.4. The van der Waals surface area contributed by atoms with Crippen LogP contribution in [0, 0.1) is 0 Å². The smallest absolute Gasteiger partial charge is 0.321 e. The number of aromatic nitrogens is 3. The summed E-state index contributed by atoms with van der Waals surface area (Å²) in [6.07, 6.45) is 3.84. The molecule has 0 bridgehead atoms. The third kappa shape index (κ3) is 5.19. The number of carbonyl (C=O) groups excluding carboxylic acids is 2. The first-order chi connectivity index (χ1) is 15.1. The Bertz CT molecular complexity index is 1010. The molecule has 1 aromatic heterocycles. The van der Waals surface area contributed by atoms with E-state index in [0.29, 0.717) is 13.1 Å². The molecule has 1 aliphatic heterocycles. The molecule has 2 aromatic carbocycles. The highest BCUT2D eigenvalue weighted by molar-refractivity contribution is 5.89. The molecule has 0 aliphatic carbocycles. The van der Waals surface area contributed by atoms with Crippen LogP contribution < -0.4 is 16.0 Å². The fourth-order valence-electron chi connectivity index (χ4n) is 3.55. The van der Waals surface area contributed by atoms with E-state index in [9.17, 15) is 9.59 Å². The predicted octanol–water partition coefficient (Wildman–Crippen LogP) is 2.93. The van der Waals surface area contributed by atoms with Crippen molar-refractivity contribution in [2.75, 3.05) is 18.4 Å². The number of nitrogens with zero attached hydrogens (tertiary/aromatic N) is 4. The second-order valence-electron chi connectivity index (χ2n) is 7.50. The van der Waals surface area contributed by atoms with Crippen LogP contribution in [-0.4, -0.2) is 50.9 Å². The number of hydrogen-bond donors (Lipinski definition) is 3. The van der Waals surface area contributed by atoms with Gasteiger partial charge in [-0.25, -0.2) is 19.3 Å². The van der Waals surface area contributed by atoms with Gasteiger partial charge in [0.05, 0.1) is 11.7 Å². The lowest BCUT2D eigenvalue weighted by Crippen LogP contribution is -2.45. The summed E-state index contributed by atoms with van der Waals surface area (Å²) in [6, 6.07) is 16.5. The molecule has 4 amide bonds. The van der Waals surface area contributed by atoms with Crippen molar-refractivity contribution in [2.45, 2.75) is 25.4 Å². The van der Waals surface area contributed by atoms with Gasteiger partial charge in [0.1, 0.15) is 12.7 Å². The number of likely N-dealkylation sites (tertiary alicyclic amines) is 1. The zero-order valence-corrected chi connectivity index (χ0v) is 17.2. The Morgan fingerprint density at radius 1 is 1.10 bits per heavy atom. The van der Waals surface area contributed by atoms with Crippen molar-refractivity contribution in [1.29, 1.82) is 0 Å². The van der Waals surface area contributed by atoms with Crippen LogP contribution in [0.15, 0.2) is 67.3 Å². The Morgan fingerprint density at radius 2 is 1.87 bits per heavy atom. The van der Waals surface area contributed by atoms with Gasteiger partial charge in [-0.3, -0.25) is 0 Å². The van der Waals surface area contributed by atoms with Crippen LogP contribution >= 0.6 is 0 Å². The molecule has 0 radical (unpaired) electrons. The number of benzene rings is 2. The van der Waals surface area contributed by atoms with Crippen molar-refractivity contribution in [3.05, 3.63) is 72.8 Å². The molecule has 3 N–H and O–H groups in total. The first-order valence-corrected chi connectivity index (χ1v) is 10.2. The van der Waals surface area contributed by atoms with Crippen LogP contribution in [-0.2, 0) is 0 Å². The van der Waals surface area contributed by atoms with Gasteiger partial charge >= 0.3 is 12.1 Å². The van der Waals surface area contributed by atoms with Crippen LogP contribution in [0.2, 0.25) is 0 Å². The molecule has 3 aromatic rings. The minimum Gasteiger partial charge on any atom is -0.334 e. The lowest BCUT2D eigenvalue weighted by Gasteiger charge is -2.20. The number of nitrogens with one attached hydrogen (secondary N) is 3. The molecule has 2 unspecified atom stereocenters. The topological polar surface area (TPSA) is 104 Å². The van der Waals surface area contributed by atoms with Gasteiger partial charge < -0.3 is 20.9 Å². The van der Waals surface area contributed by atoms with Crippen molar-refractivity contribution >= 4 is 17.7 Å². The summed E-state index contributed by atoms with van der Waals surface area (Å²) in [4.78, 5) is 30.5. The Hall–Kier alpha value is -3.88. The Labute approximate surface area is 180 Å². The number of para-hydroxylation sites is 1. The van der Waals surface area contributed by atoms with Crippen molar-refractivity contribution in [3.8, 4) is 5.69 Å². The van der Waals surface area contributed by atoms with E-state index >= 15 is 0 Å². The molecule has 2 heterocycles. The lowest BCUT2D eigenvalue weighted by molar-refractivity contribution is 0.219. The molecular formula is C22H25N7O2. The number of amides is 4. The molecular weight excluding hydrogens is 394 g/mol. The molecule has 0 spiro atoms. The van der Waals surface area contributed by atoms with E-state index < -0.39 is 0 Å². The number of anilines is 1. The first-order valence-electron chi connectivity index (χ1n) is 10.2. The number of rotatable bonds is 5.